The maximum absolute atomic E-state index is 11.3. The van der Waals surface area contributed by atoms with E-state index in [1.54, 1.807) is 0 Å². The van der Waals surface area contributed by atoms with Crippen molar-refractivity contribution < 1.29 is 18.7 Å². The van der Waals surface area contributed by atoms with E-state index in [1.165, 1.54) is 19.8 Å². The van der Waals surface area contributed by atoms with Crippen molar-refractivity contribution in [2.45, 2.75) is 38.8 Å². The van der Waals surface area contributed by atoms with Gasteiger partial charge in [-0.3, -0.25) is 4.79 Å². The third-order valence-electron chi connectivity index (χ3n) is 5.73. The number of nitrogens with zero attached hydrogens (tertiary/aromatic N) is 2. The Labute approximate surface area is 181 Å². The average Bonchev–Trinajstić information content (AvgIpc) is 3.45. The Hall–Kier alpha value is -3.22. The molecule has 2 aliphatic rings. The fourth-order valence-corrected chi connectivity index (χ4v) is 3.72. The number of oxazole rings is 1. The van der Waals surface area contributed by atoms with Crippen molar-refractivity contribution in [3.63, 3.8) is 0 Å². The van der Waals surface area contributed by atoms with Crippen LogP contribution in [0.2, 0.25) is 0 Å². The van der Waals surface area contributed by atoms with Gasteiger partial charge in [-0.1, -0.05) is 12.1 Å². The van der Waals surface area contributed by atoms with Crippen LogP contribution in [0.25, 0.3) is 11.1 Å². The molecule has 31 heavy (non-hydrogen) atoms. The van der Waals surface area contributed by atoms with E-state index >= 15 is 0 Å². The van der Waals surface area contributed by atoms with Crippen molar-refractivity contribution >= 4 is 23.0 Å². The van der Waals surface area contributed by atoms with Crippen LogP contribution in [-0.4, -0.2) is 36.7 Å². The summed E-state index contributed by atoms with van der Waals surface area (Å²) in [5.41, 5.74) is 2.51. The SMILES string of the molecule is CC(=O)NC(C)c1ccc2nc(N3CC(Oc4cccc(OCC5CC5)c4)C3)oc2c1. The number of fused-ring (bicyclic) bond motifs is 1. The molecule has 1 unspecified atom stereocenters. The quantitative estimate of drug-likeness (QED) is 0.591. The van der Waals surface area contributed by atoms with Crippen LogP contribution in [0.5, 0.6) is 11.5 Å². The molecule has 1 amide bonds. The Kier molecular flexibility index (Phi) is 5.18. The maximum atomic E-state index is 11.3. The lowest BCUT2D eigenvalue weighted by molar-refractivity contribution is -0.119. The number of aromatic nitrogens is 1. The van der Waals surface area contributed by atoms with Crippen LogP contribution in [0, 0.1) is 5.92 Å². The lowest BCUT2D eigenvalue weighted by atomic mass is 10.1. The highest BCUT2D eigenvalue weighted by atomic mass is 16.5. The van der Waals surface area contributed by atoms with E-state index in [0.29, 0.717) is 6.01 Å². The van der Waals surface area contributed by atoms with E-state index in [1.807, 2.05) is 49.4 Å². The Morgan fingerprint density at radius 1 is 1.23 bits per heavy atom. The van der Waals surface area contributed by atoms with Crippen molar-refractivity contribution in [2.24, 2.45) is 5.92 Å². The zero-order valence-corrected chi connectivity index (χ0v) is 17.8. The molecule has 1 N–H and O–H groups in total. The number of amides is 1. The van der Waals surface area contributed by atoms with Crippen molar-refractivity contribution in [2.75, 3.05) is 24.6 Å². The second-order valence-corrected chi connectivity index (χ2v) is 8.52. The highest BCUT2D eigenvalue weighted by molar-refractivity contribution is 5.77. The second kappa shape index (κ2) is 8.13. The number of hydrogen-bond donors (Lipinski definition) is 1. The number of ether oxygens (including phenoxy) is 2. The van der Waals surface area contributed by atoms with Crippen LogP contribution in [0.3, 0.4) is 0 Å². The van der Waals surface area contributed by atoms with Crippen LogP contribution < -0.4 is 19.7 Å². The summed E-state index contributed by atoms with van der Waals surface area (Å²) in [5.74, 6) is 2.36. The minimum absolute atomic E-state index is 0.0579. The summed E-state index contributed by atoms with van der Waals surface area (Å²) in [6.07, 6.45) is 2.64. The van der Waals surface area contributed by atoms with Crippen LogP contribution in [-0.2, 0) is 4.79 Å². The molecule has 1 saturated heterocycles. The van der Waals surface area contributed by atoms with Gasteiger partial charge < -0.3 is 24.1 Å². The van der Waals surface area contributed by atoms with Gasteiger partial charge in [-0.2, -0.15) is 4.98 Å². The molecule has 0 radical (unpaired) electrons. The highest BCUT2D eigenvalue weighted by Gasteiger charge is 2.32. The van der Waals surface area contributed by atoms with Crippen molar-refractivity contribution in [1.82, 2.24) is 10.3 Å². The Bertz CT molecular complexity index is 1090. The van der Waals surface area contributed by atoms with Gasteiger partial charge >= 0.3 is 0 Å². The fraction of sp³-hybridized carbons (Fsp3) is 0.417. The predicted octanol–water partition coefficient (Wildman–Crippen LogP) is 4.08. The van der Waals surface area contributed by atoms with Gasteiger partial charge in [0.2, 0.25) is 5.91 Å². The van der Waals surface area contributed by atoms with E-state index < -0.39 is 0 Å². The molecular weight excluding hydrogens is 394 g/mol. The molecule has 1 aliphatic carbocycles. The van der Waals surface area contributed by atoms with Crippen LogP contribution in [0.1, 0.15) is 38.3 Å². The first kappa shape index (κ1) is 19.7. The van der Waals surface area contributed by atoms with Gasteiger partial charge in [0.25, 0.3) is 6.01 Å². The molecule has 5 rings (SSSR count). The molecule has 7 heteroatoms. The third-order valence-corrected chi connectivity index (χ3v) is 5.73. The number of hydrogen-bond acceptors (Lipinski definition) is 6. The molecule has 3 aromatic rings. The summed E-state index contributed by atoms with van der Waals surface area (Å²) in [6, 6.07) is 14.2. The Morgan fingerprint density at radius 3 is 2.81 bits per heavy atom. The highest BCUT2D eigenvalue weighted by Crippen LogP contribution is 2.31. The van der Waals surface area contributed by atoms with Crippen molar-refractivity contribution in [1.29, 1.82) is 0 Å². The number of carbonyl (C=O) groups excluding carboxylic acids is 1. The van der Waals surface area contributed by atoms with Gasteiger partial charge in [0.15, 0.2) is 5.58 Å². The smallest absolute Gasteiger partial charge is 0.298 e. The molecule has 2 heterocycles. The molecule has 1 atom stereocenters. The third kappa shape index (κ3) is 4.60. The Morgan fingerprint density at radius 2 is 2.03 bits per heavy atom. The van der Waals surface area contributed by atoms with Crippen LogP contribution in [0.15, 0.2) is 46.9 Å². The first-order valence-electron chi connectivity index (χ1n) is 10.9. The Balaban J connectivity index is 1.18. The van der Waals surface area contributed by atoms with Gasteiger partial charge in [0.1, 0.15) is 23.1 Å². The summed E-state index contributed by atoms with van der Waals surface area (Å²) < 4.78 is 17.9. The summed E-state index contributed by atoms with van der Waals surface area (Å²) in [7, 11) is 0. The van der Waals surface area contributed by atoms with Crippen molar-refractivity contribution in [3.8, 4) is 11.5 Å². The lowest BCUT2D eigenvalue weighted by Gasteiger charge is -2.37. The molecule has 0 bridgehead atoms. The molecule has 0 spiro atoms. The van der Waals surface area contributed by atoms with Gasteiger partial charge in [-0.25, -0.2) is 0 Å². The predicted molar refractivity (Wildman–Crippen MR) is 118 cm³/mol. The van der Waals surface area contributed by atoms with E-state index in [9.17, 15) is 4.79 Å². The van der Waals surface area contributed by atoms with E-state index in [2.05, 4.69) is 15.2 Å². The number of rotatable bonds is 8. The summed E-state index contributed by atoms with van der Waals surface area (Å²) in [4.78, 5) is 18.0. The summed E-state index contributed by atoms with van der Waals surface area (Å²) in [5, 5.41) is 2.89. The maximum Gasteiger partial charge on any atom is 0.298 e. The normalized spacial score (nSPS) is 17.3. The monoisotopic (exact) mass is 421 g/mol. The van der Waals surface area contributed by atoms with Crippen LogP contribution in [0.4, 0.5) is 6.01 Å². The first-order valence-corrected chi connectivity index (χ1v) is 10.9. The molecule has 2 fully saturated rings. The zero-order valence-electron chi connectivity index (χ0n) is 17.8. The number of anilines is 1. The number of nitrogens with one attached hydrogen (secondary N) is 1. The van der Waals surface area contributed by atoms with E-state index in [-0.39, 0.29) is 18.1 Å². The molecule has 1 saturated carbocycles. The van der Waals surface area contributed by atoms with Gasteiger partial charge in [0.05, 0.1) is 25.7 Å². The summed E-state index contributed by atoms with van der Waals surface area (Å²) >= 11 is 0. The van der Waals surface area contributed by atoms with E-state index in [0.717, 1.165) is 53.8 Å². The lowest BCUT2D eigenvalue weighted by Crippen LogP contribution is -2.54. The van der Waals surface area contributed by atoms with Gasteiger partial charge in [-0.15, -0.1) is 0 Å². The molecular formula is C24H27N3O4. The number of benzene rings is 2. The molecule has 2 aromatic carbocycles. The van der Waals surface area contributed by atoms with Gasteiger partial charge in [0, 0.05) is 13.0 Å². The molecule has 7 nitrogen and oxygen atoms in total. The summed E-state index contributed by atoms with van der Waals surface area (Å²) in [6.45, 7) is 5.69. The fourth-order valence-electron chi connectivity index (χ4n) is 3.72. The molecule has 162 valence electrons. The topological polar surface area (TPSA) is 76.8 Å². The zero-order chi connectivity index (χ0) is 21.4. The molecule has 1 aliphatic heterocycles. The number of carbonyl (C=O) groups is 1. The van der Waals surface area contributed by atoms with E-state index in [4.69, 9.17) is 13.9 Å². The van der Waals surface area contributed by atoms with Crippen molar-refractivity contribution in [3.05, 3.63) is 48.0 Å². The minimum atomic E-state index is -0.0822. The standard InChI is InChI=1S/C24H27N3O4/c1-15(25-16(2)28)18-8-9-22-23(10-18)31-24(26-22)27-12-21(13-27)30-20-5-3-4-19(11-20)29-14-17-6-7-17/h3-5,8-11,15,17,21H,6-7,12-14H2,1-2H3,(H,25,28). The van der Waals surface area contributed by atoms with Crippen LogP contribution >= 0.6 is 0 Å². The minimum Gasteiger partial charge on any atom is -0.493 e. The largest absolute Gasteiger partial charge is 0.493 e. The first-order chi connectivity index (χ1) is 15.0. The second-order valence-electron chi connectivity index (χ2n) is 8.52. The average molecular weight is 421 g/mol. The van der Waals surface area contributed by atoms with Gasteiger partial charge in [-0.05, 0) is 55.5 Å². The molecule has 1 aromatic heterocycles.